The molecule has 0 bridgehead atoms. The third-order valence-corrected chi connectivity index (χ3v) is 7.75. The van der Waals surface area contributed by atoms with Gasteiger partial charge in [0.25, 0.3) is 5.91 Å². The minimum Gasteiger partial charge on any atom is -0.345 e. The predicted octanol–water partition coefficient (Wildman–Crippen LogP) is 2.64. The summed E-state index contributed by atoms with van der Waals surface area (Å²) in [5.41, 5.74) is 2.59. The normalized spacial score (nSPS) is 17.4. The summed E-state index contributed by atoms with van der Waals surface area (Å²) in [6, 6.07) is 9.38. The van der Waals surface area contributed by atoms with Gasteiger partial charge in [0.1, 0.15) is 4.90 Å². The second kappa shape index (κ2) is 8.05. The molecule has 1 aliphatic rings. The zero-order valence-corrected chi connectivity index (χ0v) is 19.1. The van der Waals surface area contributed by atoms with Gasteiger partial charge in [-0.05, 0) is 32.4 Å². The molecule has 1 amide bonds. The van der Waals surface area contributed by atoms with E-state index in [0.717, 1.165) is 16.6 Å². The van der Waals surface area contributed by atoms with Gasteiger partial charge in [0, 0.05) is 56.9 Å². The first-order valence-corrected chi connectivity index (χ1v) is 11.8. The summed E-state index contributed by atoms with van der Waals surface area (Å²) in [5, 5.41) is 5.08. The van der Waals surface area contributed by atoms with Crippen molar-refractivity contribution in [2.75, 3.05) is 27.2 Å². The molecule has 1 atom stereocenters. The van der Waals surface area contributed by atoms with Crippen molar-refractivity contribution in [2.45, 2.75) is 37.6 Å². The highest BCUT2D eigenvalue weighted by molar-refractivity contribution is 7.89. The minimum atomic E-state index is -3.63. The number of hydrogen-bond acceptors (Lipinski definition) is 5. The molecule has 0 unspecified atom stereocenters. The maximum absolute atomic E-state index is 13.2. The predicted molar refractivity (Wildman–Crippen MR) is 119 cm³/mol. The van der Waals surface area contributed by atoms with Gasteiger partial charge >= 0.3 is 0 Å². The van der Waals surface area contributed by atoms with Gasteiger partial charge in [0.15, 0.2) is 0 Å². The molecule has 1 fully saturated rings. The van der Waals surface area contributed by atoms with Crippen molar-refractivity contribution in [3.8, 4) is 0 Å². The molecular formula is C22H27N5O3S. The van der Waals surface area contributed by atoms with Gasteiger partial charge in [-0.2, -0.15) is 9.40 Å². The summed E-state index contributed by atoms with van der Waals surface area (Å²) >= 11 is 0. The van der Waals surface area contributed by atoms with Gasteiger partial charge in [-0.15, -0.1) is 0 Å². The highest BCUT2D eigenvalue weighted by atomic mass is 32.2. The molecule has 31 heavy (non-hydrogen) atoms. The van der Waals surface area contributed by atoms with Gasteiger partial charge < -0.3 is 4.90 Å². The molecule has 1 aliphatic heterocycles. The Morgan fingerprint density at radius 1 is 1.26 bits per heavy atom. The highest BCUT2D eigenvalue weighted by Crippen LogP contribution is 2.33. The van der Waals surface area contributed by atoms with Crippen LogP contribution in [0.4, 0.5) is 0 Å². The van der Waals surface area contributed by atoms with E-state index in [9.17, 15) is 13.2 Å². The molecule has 8 nitrogen and oxygen atoms in total. The number of hydrogen-bond donors (Lipinski definition) is 0. The van der Waals surface area contributed by atoms with Crippen LogP contribution >= 0.6 is 0 Å². The first-order valence-electron chi connectivity index (χ1n) is 10.4. The molecule has 0 aliphatic carbocycles. The number of benzene rings is 1. The van der Waals surface area contributed by atoms with E-state index in [1.54, 1.807) is 36.8 Å². The zero-order valence-electron chi connectivity index (χ0n) is 18.2. The van der Waals surface area contributed by atoms with E-state index in [4.69, 9.17) is 4.98 Å². The summed E-state index contributed by atoms with van der Waals surface area (Å²) in [4.78, 5) is 19.4. The van der Waals surface area contributed by atoms with Crippen LogP contribution in [0, 0.1) is 6.92 Å². The van der Waals surface area contributed by atoms with Gasteiger partial charge in [0.05, 0.1) is 16.8 Å². The molecule has 164 valence electrons. The van der Waals surface area contributed by atoms with Crippen molar-refractivity contribution in [1.82, 2.24) is 24.0 Å². The minimum absolute atomic E-state index is 0.0744. The Bertz CT molecular complexity index is 1250. The molecule has 0 radical (unpaired) electrons. The largest absolute Gasteiger partial charge is 0.345 e. The summed E-state index contributed by atoms with van der Waals surface area (Å²) < 4.78 is 29.6. The summed E-state index contributed by atoms with van der Waals surface area (Å²) in [5.74, 6) is -0.167. The maximum Gasteiger partial charge on any atom is 0.254 e. The molecule has 0 N–H and O–H groups in total. The molecule has 1 aromatic carbocycles. The monoisotopic (exact) mass is 441 g/mol. The molecule has 9 heteroatoms. The first-order chi connectivity index (χ1) is 14.7. The molecule has 3 aromatic rings. The highest BCUT2D eigenvalue weighted by Gasteiger charge is 2.36. The number of aryl methyl sites for hydroxylation is 2. The van der Waals surface area contributed by atoms with Crippen LogP contribution in [-0.4, -0.2) is 65.5 Å². The van der Waals surface area contributed by atoms with E-state index in [2.05, 4.69) is 5.10 Å². The third kappa shape index (κ3) is 3.83. The SMILES string of the molecule is CCn1cc(S(=O)(=O)N2CC[C@@H](c3cc(C(=O)N(C)C)c4ccccc4n3)C2)c(C)n1. The Kier molecular flexibility index (Phi) is 5.57. The molecule has 3 heterocycles. The lowest BCUT2D eigenvalue weighted by Crippen LogP contribution is -2.29. The second-order valence-electron chi connectivity index (χ2n) is 8.09. The molecule has 2 aromatic heterocycles. The average molecular weight is 442 g/mol. The Morgan fingerprint density at radius 2 is 2.00 bits per heavy atom. The smallest absolute Gasteiger partial charge is 0.254 e. The Balaban J connectivity index is 1.68. The maximum atomic E-state index is 13.2. The number of rotatable bonds is 5. The van der Waals surface area contributed by atoms with Crippen molar-refractivity contribution in [2.24, 2.45) is 0 Å². The number of fused-ring (bicyclic) bond motifs is 1. The van der Waals surface area contributed by atoms with Crippen molar-refractivity contribution < 1.29 is 13.2 Å². The van der Waals surface area contributed by atoms with Crippen LogP contribution in [0.3, 0.4) is 0 Å². The lowest BCUT2D eigenvalue weighted by Gasteiger charge is -2.18. The van der Waals surface area contributed by atoms with Crippen LogP contribution in [0.15, 0.2) is 41.4 Å². The quantitative estimate of drug-likeness (QED) is 0.607. The van der Waals surface area contributed by atoms with Crippen molar-refractivity contribution in [3.05, 3.63) is 53.5 Å². The number of amides is 1. The standard InChI is InChI=1S/C22H27N5O3S/c1-5-26-14-21(15(2)24-26)31(29,30)27-11-10-16(13-27)20-12-18(22(28)25(3)4)17-8-6-7-9-19(17)23-20/h6-9,12,14,16H,5,10-11,13H2,1-4H3/t16-/m1/s1. The fraction of sp³-hybridized carbons (Fsp3) is 0.409. The van der Waals surface area contributed by atoms with Crippen LogP contribution in [0.1, 0.15) is 41.0 Å². The van der Waals surface area contributed by atoms with Crippen molar-refractivity contribution in [1.29, 1.82) is 0 Å². The van der Waals surface area contributed by atoms with E-state index in [0.29, 0.717) is 37.3 Å². The van der Waals surface area contributed by atoms with Gasteiger partial charge in [-0.25, -0.2) is 8.42 Å². The molecular weight excluding hydrogens is 414 g/mol. The molecule has 0 spiro atoms. The van der Waals surface area contributed by atoms with E-state index >= 15 is 0 Å². The van der Waals surface area contributed by atoms with Crippen molar-refractivity contribution >= 4 is 26.8 Å². The van der Waals surface area contributed by atoms with Crippen LogP contribution in [-0.2, 0) is 16.6 Å². The average Bonchev–Trinajstić information content (AvgIpc) is 3.40. The van der Waals surface area contributed by atoms with E-state index in [1.807, 2.05) is 37.3 Å². The zero-order chi connectivity index (χ0) is 22.3. The fourth-order valence-corrected chi connectivity index (χ4v) is 5.73. The van der Waals surface area contributed by atoms with Crippen LogP contribution < -0.4 is 0 Å². The molecule has 0 saturated carbocycles. The summed E-state index contributed by atoms with van der Waals surface area (Å²) in [6.45, 7) is 5.00. The third-order valence-electron chi connectivity index (χ3n) is 5.78. The Morgan fingerprint density at radius 3 is 2.68 bits per heavy atom. The topological polar surface area (TPSA) is 88.4 Å². The number of carbonyl (C=O) groups excluding carboxylic acids is 1. The van der Waals surface area contributed by atoms with Crippen LogP contribution in [0.2, 0.25) is 0 Å². The number of sulfonamides is 1. The van der Waals surface area contributed by atoms with Gasteiger partial charge in [0.2, 0.25) is 10.0 Å². The summed E-state index contributed by atoms with van der Waals surface area (Å²) in [6.07, 6.45) is 2.25. The first kappa shape index (κ1) is 21.5. The Hall–Kier alpha value is -2.78. The van der Waals surface area contributed by atoms with Gasteiger partial charge in [-0.3, -0.25) is 14.5 Å². The molecule has 1 saturated heterocycles. The fourth-order valence-electron chi connectivity index (χ4n) is 4.06. The Labute approximate surface area is 182 Å². The lowest BCUT2D eigenvalue weighted by molar-refractivity contribution is 0.0829. The number of para-hydroxylation sites is 1. The lowest BCUT2D eigenvalue weighted by atomic mass is 9.99. The van der Waals surface area contributed by atoms with Gasteiger partial charge in [-0.1, -0.05) is 18.2 Å². The van der Waals surface area contributed by atoms with Crippen LogP contribution in [0.5, 0.6) is 0 Å². The van der Waals surface area contributed by atoms with E-state index in [1.165, 1.54) is 4.31 Å². The number of aromatic nitrogens is 3. The van der Waals surface area contributed by atoms with E-state index < -0.39 is 10.0 Å². The molecule has 4 rings (SSSR count). The summed E-state index contributed by atoms with van der Waals surface area (Å²) in [7, 11) is -0.191. The number of pyridine rings is 1. The van der Waals surface area contributed by atoms with Crippen molar-refractivity contribution in [3.63, 3.8) is 0 Å². The van der Waals surface area contributed by atoms with E-state index in [-0.39, 0.29) is 16.7 Å². The van der Waals surface area contributed by atoms with Crippen LogP contribution in [0.25, 0.3) is 10.9 Å². The number of carbonyl (C=O) groups is 1. The number of nitrogens with zero attached hydrogens (tertiary/aromatic N) is 5. The second-order valence-corrected chi connectivity index (χ2v) is 10.0.